The van der Waals surface area contributed by atoms with Gasteiger partial charge in [0.15, 0.2) is 0 Å². The fourth-order valence-electron chi connectivity index (χ4n) is 3.34. The maximum absolute atomic E-state index is 4.80. The first-order valence-electron chi connectivity index (χ1n) is 6.02. The number of nitrogens with zero attached hydrogens (tertiary/aromatic N) is 1. The summed E-state index contributed by atoms with van der Waals surface area (Å²) in [7, 11) is 0. The van der Waals surface area contributed by atoms with Crippen LogP contribution in [0.3, 0.4) is 0 Å². The van der Waals surface area contributed by atoms with E-state index < -0.39 is 0 Å². The first kappa shape index (κ1) is 9.40. The summed E-state index contributed by atoms with van der Waals surface area (Å²) in [4.78, 5) is 0. The quantitative estimate of drug-likeness (QED) is 0.820. The molecule has 0 aromatic carbocycles. The minimum Gasteiger partial charge on any atom is -0.364 e. The molecule has 3 nitrogen and oxygen atoms in total. The van der Waals surface area contributed by atoms with Gasteiger partial charge in [0, 0.05) is 12.6 Å². The van der Waals surface area contributed by atoms with E-state index in [0.29, 0.717) is 0 Å². The molecule has 1 aromatic heterocycles. The van der Waals surface area contributed by atoms with Crippen LogP contribution in [0.4, 0.5) is 0 Å². The van der Waals surface area contributed by atoms with Gasteiger partial charge in [-0.2, -0.15) is 0 Å². The topological polar surface area (TPSA) is 38.1 Å². The Hall–Kier alpha value is -0.830. The molecule has 1 aromatic rings. The van der Waals surface area contributed by atoms with Gasteiger partial charge < -0.3 is 9.84 Å². The molecular formula is C12H18N2O. The Kier molecular flexibility index (Phi) is 2.49. The van der Waals surface area contributed by atoms with Crippen LogP contribution in [-0.4, -0.2) is 11.7 Å². The summed E-state index contributed by atoms with van der Waals surface area (Å²) in [6.45, 7) is 2.01. The largest absolute Gasteiger partial charge is 0.364 e. The van der Waals surface area contributed by atoms with Crippen molar-refractivity contribution in [2.75, 3.05) is 6.54 Å². The van der Waals surface area contributed by atoms with Gasteiger partial charge in [-0.25, -0.2) is 0 Å². The lowest BCUT2D eigenvalue weighted by Crippen LogP contribution is -2.26. The number of rotatable bonds is 4. The van der Waals surface area contributed by atoms with E-state index in [-0.39, 0.29) is 0 Å². The minimum atomic E-state index is 0.852. The molecule has 1 heterocycles. The predicted octanol–water partition coefficient (Wildman–Crippen LogP) is 2.20. The molecule has 2 bridgehead atoms. The van der Waals surface area contributed by atoms with E-state index >= 15 is 0 Å². The third-order valence-electron chi connectivity index (χ3n) is 4.09. The number of hydrogen-bond donors (Lipinski definition) is 1. The third kappa shape index (κ3) is 1.93. The Bertz CT molecular complexity index is 309. The fourth-order valence-corrected chi connectivity index (χ4v) is 3.34. The van der Waals surface area contributed by atoms with Gasteiger partial charge in [-0.1, -0.05) is 11.6 Å². The molecule has 2 aliphatic carbocycles. The molecule has 0 spiro atoms. The molecule has 3 heteroatoms. The Labute approximate surface area is 90.2 Å². The summed E-state index contributed by atoms with van der Waals surface area (Å²) in [5, 5.41) is 7.38. The maximum Gasteiger partial charge on any atom is 0.124 e. The standard InChI is InChI=1S/C12H18N2O/c1-2-10-5-9(1)6-11(10)7-13-8-12-3-4-15-14-12/h3-4,9-11,13H,1-2,5-8H2. The van der Waals surface area contributed by atoms with E-state index in [9.17, 15) is 0 Å². The summed E-state index contributed by atoms with van der Waals surface area (Å²) in [5.74, 6) is 2.99. The minimum absolute atomic E-state index is 0.852. The Balaban J connectivity index is 1.43. The summed E-state index contributed by atoms with van der Waals surface area (Å²) in [5.41, 5.74) is 1.01. The van der Waals surface area contributed by atoms with Crippen molar-refractivity contribution in [3.63, 3.8) is 0 Å². The first-order chi connectivity index (χ1) is 7.42. The van der Waals surface area contributed by atoms with Crippen molar-refractivity contribution >= 4 is 0 Å². The van der Waals surface area contributed by atoms with Crippen molar-refractivity contribution in [3.05, 3.63) is 18.0 Å². The highest BCUT2D eigenvalue weighted by molar-refractivity contribution is 4.95. The molecular weight excluding hydrogens is 188 g/mol. The van der Waals surface area contributed by atoms with Crippen LogP contribution in [0.1, 0.15) is 31.4 Å². The lowest BCUT2D eigenvalue weighted by atomic mass is 9.89. The highest BCUT2D eigenvalue weighted by Gasteiger charge is 2.38. The second-order valence-electron chi connectivity index (χ2n) is 5.06. The molecule has 3 atom stereocenters. The molecule has 15 heavy (non-hydrogen) atoms. The van der Waals surface area contributed by atoms with E-state index in [1.165, 1.54) is 25.7 Å². The molecule has 0 saturated heterocycles. The zero-order chi connectivity index (χ0) is 10.1. The van der Waals surface area contributed by atoms with Gasteiger partial charge in [0.2, 0.25) is 0 Å². The number of aromatic nitrogens is 1. The third-order valence-corrected chi connectivity index (χ3v) is 4.09. The van der Waals surface area contributed by atoms with Gasteiger partial charge in [-0.15, -0.1) is 0 Å². The van der Waals surface area contributed by atoms with Gasteiger partial charge in [-0.3, -0.25) is 0 Å². The van der Waals surface area contributed by atoms with E-state index in [1.807, 2.05) is 6.07 Å². The van der Waals surface area contributed by atoms with Crippen LogP contribution in [-0.2, 0) is 6.54 Å². The molecule has 3 rings (SSSR count). The molecule has 0 amide bonds. The molecule has 1 N–H and O–H groups in total. The first-order valence-corrected chi connectivity index (χ1v) is 6.02. The zero-order valence-corrected chi connectivity index (χ0v) is 8.98. The summed E-state index contributed by atoms with van der Waals surface area (Å²) >= 11 is 0. The van der Waals surface area contributed by atoms with Gasteiger partial charge in [-0.05, 0) is 43.6 Å². The van der Waals surface area contributed by atoms with E-state index in [0.717, 1.165) is 36.5 Å². The normalized spacial score (nSPS) is 33.7. The van der Waals surface area contributed by atoms with Crippen LogP contribution in [0.2, 0.25) is 0 Å². The van der Waals surface area contributed by atoms with Crippen molar-refractivity contribution in [1.29, 1.82) is 0 Å². The van der Waals surface area contributed by atoms with E-state index in [1.54, 1.807) is 6.26 Å². The Morgan fingerprint density at radius 2 is 2.40 bits per heavy atom. The molecule has 3 unspecified atom stereocenters. The van der Waals surface area contributed by atoms with Crippen LogP contribution in [0.25, 0.3) is 0 Å². The molecule has 2 aliphatic rings. The lowest BCUT2D eigenvalue weighted by Gasteiger charge is -2.21. The smallest absolute Gasteiger partial charge is 0.124 e. The Morgan fingerprint density at radius 3 is 3.07 bits per heavy atom. The van der Waals surface area contributed by atoms with Gasteiger partial charge in [0.25, 0.3) is 0 Å². The number of hydrogen-bond acceptors (Lipinski definition) is 3. The molecule has 2 saturated carbocycles. The monoisotopic (exact) mass is 206 g/mol. The second kappa shape index (κ2) is 3.97. The van der Waals surface area contributed by atoms with Crippen molar-refractivity contribution in [3.8, 4) is 0 Å². The molecule has 0 radical (unpaired) electrons. The maximum atomic E-state index is 4.80. The average Bonchev–Trinajstić information content (AvgIpc) is 2.93. The van der Waals surface area contributed by atoms with Crippen LogP contribution >= 0.6 is 0 Å². The number of fused-ring (bicyclic) bond motifs is 2. The van der Waals surface area contributed by atoms with Gasteiger partial charge >= 0.3 is 0 Å². The van der Waals surface area contributed by atoms with Crippen molar-refractivity contribution in [1.82, 2.24) is 10.5 Å². The molecule has 82 valence electrons. The van der Waals surface area contributed by atoms with E-state index in [2.05, 4.69) is 10.5 Å². The lowest BCUT2D eigenvalue weighted by molar-refractivity contribution is 0.316. The average molecular weight is 206 g/mol. The van der Waals surface area contributed by atoms with E-state index in [4.69, 9.17) is 4.52 Å². The van der Waals surface area contributed by atoms with Gasteiger partial charge in [0.05, 0.1) is 5.69 Å². The molecule has 0 aliphatic heterocycles. The van der Waals surface area contributed by atoms with Crippen molar-refractivity contribution < 1.29 is 4.52 Å². The highest BCUT2D eigenvalue weighted by Crippen LogP contribution is 2.47. The fraction of sp³-hybridized carbons (Fsp3) is 0.750. The van der Waals surface area contributed by atoms with Crippen molar-refractivity contribution in [2.45, 2.75) is 32.2 Å². The summed E-state index contributed by atoms with van der Waals surface area (Å²) < 4.78 is 4.80. The summed E-state index contributed by atoms with van der Waals surface area (Å²) in [6, 6.07) is 1.92. The highest BCUT2D eigenvalue weighted by atomic mass is 16.5. The summed E-state index contributed by atoms with van der Waals surface area (Å²) in [6.07, 6.45) is 7.55. The SMILES string of the molecule is c1cc(CNCC2CC3CCC2C3)no1. The Morgan fingerprint density at radius 1 is 1.40 bits per heavy atom. The number of nitrogens with one attached hydrogen (secondary N) is 1. The molecule has 2 fully saturated rings. The van der Waals surface area contributed by atoms with Crippen LogP contribution in [0, 0.1) is 17.8 Å². The zero-order valence-electron chi connectivity index (χ0n) is 8.98. The van der Waals surface area contributed by atoms with Crippen LogP contribution in [0.15, 0.2) is 16.9 Å². The predicted molar refractivity (Wildman–Crippen MR) is 57.1 cm³/mol. The van der Waals surface area contributed by atoms with Gasteiger partial charge in [0.1, 0.15) is 6.26 Å². The second-order valence-corrected chi connectivity index (χ2v) is 5.06. The van der Waals surface area contributed by atoms with Crippen molar-refractivity contribution in [2.24, 2.45) is 17.8 Å². The van der Waals surface area contributed by atoms with Crippen LogP contribution in [0.5, 0.6) is 0 Å². The van der Waals surface area contributed by atoms with Crippen LogP contribution < -0.4 is 5.32 Å².